The SMILES string of the molecule is Cc1cccc(NC(=O)C(Sc2cccc(NC(=O)/C(=C/c3c[nH]c4ccccc34)NC(=O)c3ccccc3)c2)c2ccccc2)c1C. The summed E-state index contributed by atoms with van der Waals surface area (Å²) < 4.78 is 0. The number of hydrogen-bond acceptors (Lipinski definition) is 4. The number of aryl methyl sites for hydroxylation is 1. The summed E-state index contributed by atoms with van der Waals surface area (Å²) in [4.78, 5) is 44.7. The Morgan fingerprint density at radius 2 is 1.46 bits per heavy atom. The molecular weight excluding hydrogens is 617 g/mol. The first kappa shape index (κ1) is 32.1. The zero-order valence-corrected chi connectivity index (χ0v) is 27.3. The number of fused-ring (bicyclic) bond motifs is 1. The molecule has 5 aromatic carbocycles. The van der Waals surface area contributed by atoms with Crippen molar-refractivity contribution >= 4 is 57.8 Å². The van der Waals surface area contributed by atoms with Crippen LogP contribution in [0.3, 0.4) is 0 Å². The molecule has 0 radical (unpaired) electrons. The van der Waals surface area contributed by atoms with Crippen LogP contribution >= 0.6 is 11.8 Å². The molecule has 1 heterocycles. The zero-order chi connectivity index (χ0) is 33.5. The van der Waals surface area contributed by atoms with Gasteiger partial charge in [0.2, 0.25) is 5.91 Å². The van der Waals surface area contributed by atoms with Crippen LogP contribution in [-0.2, 0) is 9.59 Å². The molecule has 0 aliphatic carbocycles. The molecule has 6 aromatic rings. The van der Waals surface area contributed by atoms with E-state index < -0.39 is 17.1 Å². The molecule has 48 heavy (non-hydrogen) atoms. The number of aromatic nitrogens is 1. The maximum absolute atomic E-state index is 13.8. The van der Waals surface area contributed by atoms with Gasteiger partial charge in [-0.2, -0.15) is 0 Å². The molecule has 0 saturated carbocycles. The van der Waals surface area contributed by atoms with E-state index in [-0.39, 0.29) is 11.6 Å². The minimum Gasteiger partial charge on any atom is -0.361 e. The van der Waals surface area contributed by atoms with Crippen molar-refractivity contribution in [1.82, 2.24) is 10.3 Å². The van der Waals surface area contributed by atoms with Crippen LogP contribution in [0.4, 0.5) is 11.4 Å². The highest BCUT2D eigenvalue weighted by Gasteiger charge is 2.23. The lowest BCUT2D eigenvalue weighted by molar-refractivity contribution is -0.116. The second-order valence-corrected chi connectivity index (χ2v) is 12.5. The van der Waals surface area contributed by atoms with Gasteiger partial charge in [-0.15, -0.1) is 11.8 Å². The van der Waals surface area contributed by atoms with E-state index in [1.54, 1.807) is 42.6 Å². The summed E-state index contributed by atoms with van der Waals surface area (Å²) in [6.45, 7) is 4.01. The largest absolute Gasteiger partial charge is 0.361 e. The van der Waals surface area contributed by atoms with E-state index in [1.165, 1.54) is 11.8 Å². The van der Waals surface area contributed by atoms with E-state index in [0.29, 0.717) is 11.3 Å². The molecule has 0 spiro atoms. The van der Waals surface area contributed by atoms with Gasteiger partial charge in [-0.05, 0) is 79.1 Å². The molecule has 0 bridgehead atoms. The van der Waals surface area contributed by atoms with Crippen LogP contribution in [-0.4, -0.2) is 22.7 Å². The van der Waals surface area contributed by atoms with Crippen molar-refractivity contribution in [3.63, 3.8) is 0 Å². The van der Waals surface area contributed by atoms with E-state index in [4.69, 9.17) is 0 Å². The van der Waals surface area contributed by atoms with Gasteiger partial charge in [0.25, 0.3) is 11.8 Å². The summed E-state index contributed by atoms with van der Waals surface area (Å²) in [6, 6.07) is 39.3. The van der Waals surface area contributed by atoms with Crippen molar-refractivity contribution in [1.29, 1.82) is 0 Å². The van der Waals surface area contributed by atoms with Crippen LogP contribution in [0.25, 0.3) is 17.0 Å². The van der Waals surface area contributed by atoms with Crippen molar-refractivity contribution in [3.8, 4) is 0 Å². The Morgan fingerprint density at radius 3 is 2.25 bits per heavy atom. The topological polar surface area (TPSA) is 103 Å². The summed E-state index contributed by atoms with van der Waals surface area (Å²) in [5.41, 5.74) is 6.45. The Labute approximate surface area is 283 Å². The number of amides is 3. The first-order valence-electron chi connectivity index (χ1n) is 15.5. The molecule has 1 atom stereocenters. The Hall–Kier alpha value is -5.86. The molecule has 4 N–H and O–H groups in total. The van der Waals surface area contributed by atoms with Crippen molar-refractivity contribution in [2.24, 2.45) is 0 Å². The molecule has 0 aliphatic heterocycles. The van der Waals surface area contributed by atoms with Gasteiger partial charge in [0.1, 0.15) is 10.9 Å². The van der Waals surface area contributed by atoms with E-state index in [2.05, 4.69) is 20.9 Å². The van der Waals surface area contributed by atoms with Gasteiger partial charge < -0.3 is 20.9 Å². The number of hydrogen-bond donors (Lipinski definition) is 4. The molecule has 8 heteroatoms. The Kier molecular flexibility index (Phi) is 9.83. The number of carbonyl (C=O) groups is 3. The third kappa shape index (κ3) is 7.57. The van der Waals surface area contributed by atoms with E-state index in [1.807, 2.05) is 111 Å². The van der Waals surface area contributed by atoms with Crippen molar-refractivity contribution in [2.75, 3.05) is 10.6 Å². The summed E-state index contributed by atoms with van der Waals surface area (Å²) in [7, 11) is 0. The number of thioether (sulfide) groups is 1. The number of rotatable bonds is 10. The molecule has 0 aliphatic rings. The van der Waals surface area contributed by atoms with Crippen LogP contribution in [0, 0.1) is 13.8 Å². The fourth-order valence-corrected chi connectivity index (χ4v) is 6.36. The smallest absolute Gasteiger partial charge is 0.272 e. The lowest BCUT2D eigenvalue weighted by atomic mass is 10.1. The quantitative estimate of drug-likeness (QED) is 0.0880. The highest BCUT2D eigenvalue weighted by atomic mass is 32.2. The third-order valence-electron chi connectivity index (χ3n) is 8.00. The molecule has 1 unspecified atom stereocenters. The van der Waals surface area contributed by atoms with Crippen LogP contribution in [0.15, 0.2) is 144 Å². The Bertz CT molecular complexity index is 2120. The standard InChI is InChI=1S/C40H34N4O3S/c1-26-13-11-22-34(27(26)2)43-40(47)37(28-14-5-3-6-15-28)48-32-19-12-18-31(24-32)42-39(46)36(44-38(45)29-16-7-4-8-17-29)23-30-25-41-35-21-10-9-20-33(30)35/h3-25,37,41H,1-2H3,(H,42,46)(H,43,47)(H,44,45)/b36-23-. The first-order valence-corrected chi connectivity index (χ1v) is 16.4. The average Bonchev–Trinajstić information content (AvgIpc) is 3.52. The number of aromatic amines is 1. The normalized spacial score (nSPS) is 11.9. The minimum absolute atomic E-state index is 0.0849. The van der Waals surface area contributed by atoms with Gasteiger partial charge in [0.15, 0.2) is 0 Å². The minimum atomic E-state index is -0.556. The number of carbonyl (C=O) groups excluding carboxylic acids is 3. The van der Waals surface area contributed by atoms with Crippen LogP contribution in [0.5, 0.6) is 0 Å². The molecule has 0 saturated heterocycles. The van der Waals surface area contributed by atoms with E-state index in [0.717, 1.165) is 43.7 Å². The molecule has 238 valence electrons. The molecule has 7 nitrogen and oxygen atoms in total. The van der Waals surface area contributed by atoms with Crippen molar-refractivity contribution in [3.05, 3.63) is 167 Å². The van der Waals surface area contributed by atoms with Gasteiger partial charge in [-0.25, -0.2) is 0 Å². The number of para-hydroxylation sites is 1. The van der Waals surface area contributed by atoms with Crippen LogP contribution in [0.2, 0.25) is 0 Å². The molecular formula is C40H34N4O3S. The van der Waals surface area contributed by atoms with Crippen molar-refractivity contribution in [2.45, 2.75) is 24.0 Å². The maximum atomic E-state index is 13.8. The lowest BCUT2D eigenvalue weighted by Crippen LogP contribution is -2.30. The number of nitrogens with one attached hydrogen (secondary N) is 4. The third-order valence-corrected chi connectivity index (χ3v) is 9.25. The molecule has 1 aromatic heterocycles. The van der Waals surface area contributed by atoms with Gasteiger partial charge in [-0.1, -0.05) is 84.9 Å². The Morgan fingerprint density at radius 1 is 0.750 bits per heavy atom. The van der Waals surface area contributed by atoms with E-state index in [9.17, 15) is 14.4 Å². The summed E-state index contributed by atoms with van der Waals surface area (Å²) in [5.74, 6) is -1.04. The van der Waals surface area contributed by atoms with Gasteiger partial charge in [-0.3, -0.25) is 14.4 Å². The predicted octanol–water partition coefficient (Wildman–Crippen LogP) is 8.67. The van der Waals surface area contributed by atoms with Crippen molar-refractivity contribution < 1.29 is 14.4 Å². The average molecular weight is 651 g/mol. The molecule has 0 fully saturated rings. The van der Waals surface area contributed by atoms with Crippen LogP contribution in [0.1, 0.15) is 37.9 Å². The fourth-order valence-electron chi connectivity index (χ4n) is 5.28. The highest BCUT2D eigenvalue weighted by molar-refractivity contribution is 8.00. The second-order valence-electron chi connectivity index (χ2n) is 11.3. The summed E-state index contributed by atoms with van der Waals surface area (Å²) in [5, 5.41) is 9.24. The van der Waals surface area contributed by atoms with E-state index >= 15 is 0 Å². The monoisotopic (exact) mass is 650 g/mol. The number of H-pyrrole nitrogens is 1. The number of benzene rings is 5. The van der Waals surface area contributed by atoms with Crippen LogP contribution < -0.4 is 16.0 Å². The summed E-state index contributed by atoms with van der Waals surface area (Å²) in [6.07, 6.45) is 3.47. The predicted molar refractivity (Wildman–Crippen MR) is 195 cm³/mol. The highest BCUT2D eigenvalue weighted by Crippen LogP contribution is 2.37. The zero-order valence-electron chi connectivity index (χ0n) is 26.5. The second kappa shape index (κ2) is 14.7. The fraction of sp³-hybridized carbons (Fsp3) is 0.0750. The molecule has 3 amide bonds. The summed E-state index contributed by atoms with van der Waals surface area (Å²) >= 11 is 1.39. The van der Waals surface area contributed by atoms with Gasteiger partial charge >= 0.3 is 0 Å². The first-order chi connectivity index (χ1) is 23.4. The lowest BCUT2D eigenvalue weighted by Gasteiger charge is -2.19. The Balaban J connectivity index is 1.26. The van der Waals surface area contributed by atoms with Gasteiger partial charge in [0, 0.05) is 44.5 Å². The maximum Gasteiger partial charge on any atom is 0.272 e. The van der Waals surface area contributed by atoms with Gasteiger partial charge in [0.05, 0.1) is 0 Å². The molecule has 6 rings (SSSR count). The number of anilines is 2.